The number of carboxylic acid groups (broad SMARTS) is 1. The van der Waals surface area contributed by atoms with Crippen molar-refractivity contribution >= 4 is 29.3 Å². The van der Waals surface area contributed by atoms with Crippen molar-refractivity contribution in [1.82, 2.24) is 4.90 Å². The van der Waals surface area contributed by atoms with Crippen molar-refractivity contribution in [2.24, 2.45) is 11.3 Å². The van der Waals surface area contributed by atoms with Crippen LogP contribution in [0.15, 0.2) is 18.2 Å². The minimum atomic E-state index is -2.66. The molecule has 6 nitrogen and oxygen atoms in total. The zero-order chi connectivity index (χ0) is 18.9. The fourth-order valence-electron chi connectivity index (χ4n) is 3.86. The Morgan fingerprint density at radius 1 is 1.46 bits per heavy atom. The highest BCUT2D eigenvalue weighted by atomic mass is 35.5. The van der Waals surface area contributed by atoms with Gasteiger partial charge < -0.3 is 20.1 Å². The van der Waals surface area contributed by atoms with Gasteiger partial charge >= 0.3 is 12.0 Å². The molecule has 0 aromatic heterocycles. The number of anilines is 1. The quantitative estimate of drug-likeness (QED) is 0.806. The van der Waals surface area contributed by atoms with E-state index >= 15 is 0 Å². The van der Waals surface area contributed by atoms with Crippen molar-refractivity contribution in [2.75, 3.05) is 25.0 Å². The smallest absolute Gasteiger partial charge is 0.321 e. The number of benzene rings is 1. The molecule has 1 heterocycles. The first-order chi connectivity index (χ1) is 12.3. The minimum Gasteiger partial charge on any atom is -0.485 e. The number of halogens is 3. The summed E-state index contributed by atoms with van der Waals surface area (Å²) in [6.07, 6.45) is -0.485. The van der Waals surface area contributed by atoms with E-state index < -0.39 is 30.4 Å². The molecule has 0 spiro atoms. The Morgan fingerprint density at radius 3 is 2.88 bits per heavy atom. The molecule has 1 aromatic rings. The van der Waals surface area contributed by atoms with Crippen molar-refractivity contribution in [3.8, 4) is 5.75 Å². The van der Waals surface area contributed by atoms with Crippen LogP contribution in [-0.4, -0.2) is 48.1 Å². The molecule has 1 aromatic carbocycles. The van der Waals surface area contributed by atoms with E-state index in [1.807, 2.05) is 0 Å². The number of nitrogens with zero attached hydrogens (tertiary/aromatic N) is 1. The molecule has 2 amide bonds. The Bertz CT molecular complexity index is 718. The van der Waals surface area contributed by atoms with Gasteiger partial charge in [0.25, 0.3) is 6.43 Å². The number of carboxylic acids is 1. The van der Waals surface area contributed by atoms with Gasteiger partial charge in [-0.05, 0) is 30.9 Å². The molecule has 142 valence electrons. The molecule has 0 bridgehead atoms. The van der Waals surface area contributed by atoms with Crippen molar-refractivity contribution in [3.63, 3.8) is 0 Å². The van der Waals surface area contributed by atoms with Crippen molar-refractivity contribution in [1.29, 1.82) is 0 Å². The number of alkyl halides is 2. The van der Waals surface area contributed by atoms with Crippen LogP contribution >= 0.6 is 11.6 Å². The molecule has 1 saturated heterocycles. The summed E-state index contributed by atoms with van der Waals surface area (Å²) in [5.74, 6) is -0.897. The summed E-state index contributed by atoms with van der Waals surface area (Å²) >= 11 is 5.86. The predicted octanol–water partition coefficient (Wildman–Crippen LogP) is 3.70. The van der Waals surface area contributed by atoms with Crippen LogP contribution in [0.25, 0.3) is 0 Å². The lowest BCUT2D eigenvalue weighted by Gasteiger charge is -2.23. The largest absolute Gasteiger partial charge is 0.485 e. The number of fused-ring (bicyclic) bond motifs is 1. The molecule has 1 aliphatic carbocycles. The van der Waals surface area contributed by atoms with Crippen LogP contribution in [-0.2, 0) is 4.79 Å². The number of likely N-dealkylation sites (tertiary alicyclic amines) is 1. The average molecular weight is 389 g/mol. The SMILES string of the molecule is O=C(Nc1ccc(Cl)cc1OCC(F)F)N1C[C@@H]2CCC[C@@]2(C(=O)O)C1. The number of hydrogen-bond acceptors (Lipinski definition) is 3. The summed E-state index contributed by atoms with van der Waals surface area (Å²) in [6, 6.07) is 3.83. The third kappa shape index (κ3) is 3.56. The van der Waals surface area contributed by atoms with E-state index in [0.29, 0.717) is 13.0 Å². The standard InChI is InChI=1S/C17H19ClF2N2O4/c18-11-3-4-12(13(6-11)26-8-14(19)20)21-16(25)22-7-10-2-1-5-17(10,9-22)15(23)24/h3-4,6,10,14H,1-2,5,7-9H2,(H,21,25)(H,23,24)/t10-,17+/m0/s1. The van der Waals surface area contributed by atoms with Crippen LogP contribution in [0.1, 0.15) is 19.3 Å². The monoisotopic (exact) mass is 388 g/mol. The molecule has 2 fully saturated rings. The highest BCUT2D eigenvalue weighted by Crippen LogP contribution is 2.49. The number of amides is 2. The first-order valence-electron chi connectivity index (χ1n) is 8.31. The molecular formula is C17H19ClF2N2O4. The summed E-state index contributed by atoms with van der Waals surface area (Å²) in [4.78, 5) is 25.7. The first kappa shape index (κ1) is 18.7. The highest BCUT2D eigenvalue weighted by molar-refractivity contribution is 6.30. The van der Waals surface area contributed by atoms with Crippen molar-refractivity contribution < 1.29 is 28.2 Å². The normalized spacial score (nSPS) is 24.6. The molecule has 26 heavy (non-hydrogen) atoms. The lowest BCUT2D eigenvalue weighted by atomic mass is 9.81. The Balaban J connectivity index is 1.72. The molecule has 2 N–H and O–H groups in total. The van der Waals surface area contributed by atoms with Gasteiger partial charge in [0.05, 0.1) is 11.1 Å². The molecule has 1 saturated carbocycles. The third-order valence-electron chi connectivity index (χ3n) is 5.13. The second kappa shape index (κ2) is 7.26. The molecule has 9 heteroatoms. The van der Waals surface area contributed by atoms with E-state index in [1.165, 1.54) is 23.1 Å². The Labute approximate surface area is 154 Å². The van der Waals surface area contributed by atoms with Crippen LogP contribution in [0.3, 0.4) is 0 Å². The minimum absolute atomic E-state index is 0.0403. The van der Waals surface area contributed by atoms with Crippen molar-refractivity contribution in [2.45, 2.75) is 25.7 Å². The van der Waals surface area contributed by atoms with Gasteiger partial charge in [-0.1, -0.05) is 18.0 Å². The number of urea groups is 1. The van der Waals surface area contributed by atoms with Crippen LogP contribution in [0.2, 0.25) is 5.02 Å². The number of hydrogen-bond donors (Lipinski definition) is 2. The van der Waals surface area contributed by atoms with E-state index in [0.717, 1.165) is 12.8 Å². The molecular weight excluding hydrogens is 370 g/mol. The topological polar surface area (TPSA) is 78.9 Å². The van der Waals surface area contributed by atoms with Crippen molar-refractivity contribution in [3.05, 3.63) is 23.2 Å². The number of ether oxygens (including phenoxy) is 1. The highest BCUT2D eigenvalue weighted by Gasteiger charge is 2.55. The Hall–Kier alpha value is -2.09. The van der Waals surface area contributed by atoms with E-state index in [1.54, 1.807) is 0 Å². The van der Waals surface area contributed by atoms with E-state index in [2.05, 4.69) is 5.32 Å². The van der Waals surface area contributed by atoms with Gasteiger partial charge in [0, 0.05) is 24.2 Å². The van der Waals surface area contributed by atoms with Gasteiger partial charge in [0.1, 0.15) is 12.4 Å². The fraction of sp³-hybridized carbons (Fsp3) is 0.529. The van der Waals surface area contributed by atoms with Crippen LogP contribution in [0, 0.1) is 11.3 Å². The first-order valence-corrected chi connectivity index (χ1v) is 8.69. The molecule has 0 unspecified atom stereocenters. The predicted molar refractivity (Wildman–Crippen MR) is 91.0 cm³/mol. The maximum atomic E-state index is 12.6. The van der Waals surface area contributed by atoms with E-state index in [4.69, 9.17) is 16.3 Å². The van der Waals surface area contributed by atoms with Crippen LogP contribution < -0.4 is 10.1 Å². The van der Waals surface area contributed by atoms with Gasteiger partial charge in [-0.2, -0.15) is 0 Å². The van der Waals surface area contributed by atoms with Gasteiger partial charge in [-0.15, -0.1) is 0 Å². The maximum Gasteiger partial charge on any atom is 0.321 e. The summed E-state index contributed by atoms with van der Waals surface area (Å²) in [5.41, 5.74) is -0.673. The summed E-state index contributed by atoms with van der Waals surface area (Å²) < 4.78 is 29.8. The molecule has 2 atom stereocenters. The van der Waals surface area contributed by atoms with Crippen LogP contribution in [0.5, 0.6) is 5.75 Å². The van der Waals surface area contributed by atoms with Gasteiger partial charge in [0.15, 0.2) is 0 Å². The summed E-state index contributed by atoms with van der Waals surface area (Å²) in [7, 11) is 0. The van der Waals surface area contributed by atoms with E-state index in [-0.39, 0.29) is 28.9 Å². The number of aliphatic carboxylic acids is 1. The van der Waals surface area contributed by atoms with E-state index in [9.17, 15) is 23.5 Å². The number of carbonyl (C=O) groups excluding carboxylic acids is 1. The number of carbonyl (C=O) groups is 2. The molecule has 2 aliphatic rings. The number of nitrogens with one attached hydrogen (secondary N) is 1. The second-order valence-electron chi connectivity index (χ2n) is 6.70. The zero-order valence-electron chi connectivity index (χ0n) is 13.9. The molecule has 1 aliphatic heterocycles. The van der Waals surface area contributed by atoms with Gasteiger partial charge in [-0.25, -0.2) is 13.6 Å². The third-order valence-corrected chi connectivity index (χ3v) is 5.37. The van der Waals surface area contributed by atoms with Gasteiger partial charge in [-0.3, -0.25) is 4.79 Å². The Morgan fingerprint density at radius 2 is 2.23 bits per heavy atom. The Kier molecular flexibility index (Phi) is 5.22. The van der Waals surface area contributed by atoms with Crippen LogP contribution in [0.4, 0.5) is 19.3 Å². The molecule has 0 radical (unpaired) electrons. The lowest BCUT2D eigenvalue weighted by Crippen LogP contribution is -2.38. The average Bonchev–Trinajstić information content (AvgIpc) is 3.13. The summed E-state index contributed by atoms with van der Waals surface area (Å²) in [5, 5.41) is 12.5. The fourth-order valence-corrected chi connectivity index (χ4v) is 4.02. The summed E-state index contributed by atoms with van der Waals surface area (Å²) in [6.45, 7) is -0.324. The maximum absolute atomic E-state index is 12.6. The zero-order valence-corrected chi connectivity index (χ0v) is 14.6. The van der Waals surface area contributed by atoms with Gasteiger partial charge in [0.2, 0.25) is 0 Å². The second-order valence-corrected chi connectivity index (χ2v) is 7.14. The molecule has 3 rings (SSSR count). The lowest BCUT2D eigenvalue weighted by molar-refractivity contribution is -0.149. The number of rotatable bonds is 5.